The van der Waals surface area contributed by atoms with Gasteiger partial charge in [-0.15, -0.1) is 6.58 Å². The van der Waals surface area contributed by atoms with Crippen molar-refractivity contribution in [1.29, 1.82) is 0 Å². The summed E-state index contributed by atoms with van der Waals surface area (Å²) in [6.07, 6.45) is 3.29. The monoisotopic (exact) mass is 351 g/mol. The zero-order valence-electron chi connectivity index (χ0n) is 13.8. The molecule has 0 unspecified atom stereocenters. The van der Waals surface area contributed by atoms with Crippen LogP contribution in [-0.2, 0) is 4.79 Å². The molecule has 0 radical (unpaired) electrons. The highest BCUT2D eigenvalue weighted by atomic mass is 32.2. The first-order chi connectivity index (χ1) is 12.1. The average Bonchev–Trinajstić information content (AvgIpc) is 2.90. The molecule has 2 aromatic carbocycles. The van der Waals surface area contributed by atoms with Crippen molar-refractivity contribution in [3.8, 4) is 16.9 Å². The molecule has 2 amide bonds. The van der Waals surface area contributed by atoms with Crippen molar-refractivity contribution >= 4 is 29.0 Å². The number of hydrogen-bond donors (Lipinski definition) is 0. The molecule has 0 atom stereocenters. The topological polar surface area (TPSA) is 46.6 Å². The summed E-state index contributed by atoms with van der Waals surface area (Å²) in [6.45, 7) is 3.80. The number of ether oxygens (including phenoxy) is 1. The van der Waals surface area contributed by atoms with Gasteiger partial charge >= 0.3 is 0 Å². The molecule has 2 aromatic rings. The van der Waals surface area contributed by atoms with Crippen molar-refractivity contribution < 1.29 is 14.3 Å². The molecule has 25 heavy (non-hydrogen) atoms. The maximum atomic E-state index is 12.3. The van der Waals surface area contributed by atoms with Crippen LogP contribution in [0.4, 0.5) is 4.79 Å². The van der Waals surface area contributed by atoms with Crippen molar-refractivity contribution in [2.45, 2.75) is 0 Å². The minimum absolute atomic E-state index is 0.228. The molecule has 0 spiro atoms. The molecular weight excluding hydrogens is 334 g/mol. The second kappa shape index (κ2) is 7.40. The molecule has 0 bridgehead atoms. The number of thioether (sulfide) groups is 1. The Morgan fingerprint density at radius 3 is 2.56 bits per heavy atom. The minimum atomic E-state index is -0.276. The summed E-state index contributed by atoms with van der Waals surface area (Å²) >= 11 is 0.955. The summed E-state index contributed by atoms with van der Waals surface area (Å²) in [7, 11) is 1.63. The molecule has 1 aliphatic rings. The van der Waals surface area contributed by atoms with E-state index in [1.807, 2.05) is 48.5 Å². The Balaban J connectivity index is 1.91. The van der Waals surface area contributed by atoms with Gasteiger partial charge in [-0.3, -0.25) is 14.5 Å². The van der Waals surface area contributed by atoms with Crippen molar-refractivity contribution in [1.82, 2.24) is 4.90 Å². The summed E-state index contributed by atoms with van der Waals surface area (Å²) < 4.78 is 5.26. The Morgan fingerprint density at radius 1 is 1.12 bits per heavy atom. The lowest BCUT2D eigenvalue weighted by Crippen LogP contribution is -2.27. The molecule has 0 aromatic heterocycles. The quantitative estimate of drug-likeness (QED) is 0.584. The predicted molar refractivity (Wildman–Crippen MR) is 101 cm³/mol. The lowest BCUT2D eigenvalue weighted by molar-refractivity contribution is -0.122. The van der Waals surface area contributed by atoms with Crippen LogP contribution in [0.15, 0.2) is 66.1 Å². The van der Waals surface area contributed by atoms with Crippen LogP contribution in [0.25, 0.3) is 17.2 Å². The maximum Gasteiger partial charge on any atom is 0.293 e. The van der Waals surface area contributed by atoms with E-state index in [1.165, 1.54) is 4.90 Å². The first kappa shape index (κ1) is 17.0. The molecule has 0 aliphatic carbocycles. The van der Waals surface area contributed by atoms with E-state index in [4.69, 9.17) is 4.74 Å². The average molecular weight is 351 g/mol. The Labute approximate surface area is 150 Å². The van der Waals surface area contributed by atoms with Gasteiger partial charge in [0.15, 0.2) is 0 Å². The molecule has 1 aliphatic heterocycles. The fraction of sp³-hybridized carbons (Fsp3) is 0.100. The lowest BCUT2D eigenvalue weighted by Gasteiger charge is -2.08. The van der Waals surface area contributed by atoms with E-state index in [0.29, 0.717) is 4.91 Å². The van der Waals surface area contributed by atoms with E-state index in [1.54, 1.807) is 19.3 Å². The van der Waals surface area contributed by atoms with Crippen LogP contribution >= 0.6 is 11.8 Å². The highest BCUT2D eigenvalue weighted by Gasteiger charge is 2.33. The third kappa shape index (κ3) is 3.67. The zero-order chi connectivity index (χ0) is 17.8. The van der Waals surface area contributed by atoms with Gasteiger partial charge in [-0.05, 0) is 52.7 Å². The Hall–Kier alpha value is -2.79. The summed E-state index contributed by atoms with van der Waals surface area (Å²) in [5.74, 6) is 0.509. The number of carbonyl (C=O) groups excluding carboxylic acids is 2. The zero-order valence-corrected chi connectivity index (χ0v) is 14.6. The molecule has 0 N–H and O–H groups in total. The number of rotatable bonds is 5. The smallest absolute Gasteiger partial charge is 0.293 e. The fourth-order valence-corrected chi connectivity index (χ4v) is 3.40. The molecular formula is C20H17NO3S. The number of benzene rings is 2. The highest BCUT2D eigenvalue weighted by Crippen LogP contribution is 2.33. The van der Waals surface area contributed by atoms with E-state index < -0.39 is 0 Å². The van der Waals surface area contributed by atoms with Crippen molar-refractivity contribution in [2.24, 2.45) is 0 Å². The molecule has 5 heteroatoms. The van der Waals surface area contributed by atoms with Crippen molar-refractivity contribution in [3.63, 3.8) is 0 Å². The summed E-state index contributed by atoms with van der Waals surface area (Å²) in [6, 6.07) is 15.6. The number of hydrogen-bond acceptors (Lipinski definition) is 4. The normalized spacial score (nSPS) is 15.7. The predicted octanol–water partition coefficient (Wildman–Crippen LogP) is 4.58. The van der Waals surface area contributed by atoms with Gasteiger partial charge in [0.1, 0.15) is 5.75 Å². The Bertz CT molecular complexity index is 873. The van der Waals surface area contributed by atoms with E-state index in [9.17, 15) is 9.59 Å². The molecule has 3 rings (SSSR count). The van der Waals surface area contributed by atoms with E-state index in [-0.39, 0.29) is 17.7 Å². The fourth-order valence-electron chi connectivity index (χ4n) is 2.55. The number of nitrogens with zero attached hydrogens (tertiary/aromatic N) is 1. The molecule has 1 fully saturated rings. The maximum absolute atomic E-state index is 12.3. The second-order valence-corrected chi connectivity index (χ2v) is 6.43. The van der Waals surface area contributed by atoms with Gasteiger partial charge in [-0.1, -0.05) is 36.4 Å². The number of imide groups is 1. The van der Waals surface area contributed by atoms with Gasteiger partial charge in [-0.2, -0.15) is 0 Å². The first-order valence-electron chi connectivity index (χ1n) is 7.73. The third-order valence-corrected chi connectivity index (χ3v) is 4.68. The summed E-state index contributed by atoms with van der Waals surface area (Å²) in [5.41, 5.74) is 2.90. The summed E-state index contributed by atoms with van der Waals surface area (Å²) in [5, 5.41) is -0.264. The van der Waals surface area contributed by atoms with Gasteiger partial charge in [0, 0.05) is 6.54 Å². The van der Waals surface area contributed by atoms with E-state index in [0.717, 1.165) is 34.2 Å². The van der Waals surface area contributed by atoms with Crippen LogP contribution in [0.5, 0.6) is 5.75 Å². The van der Waals surface area contributed by atoms with Gasteiger partial charge in [0.05, 0.1) is 12.0 Å². The van der Waals surface area contributed by atoms with Crippen LogP contribution < -0.4 is 4.74 Å². The highest BCUT2D eigenvalue weighted by molar-refractivity contribution is 8.18. The van der Waals surface area contributed by atoms with Crippen LogP contribution in [0.2, 0.25) is 0 Å². The van der Waals surface area contributed by atoms with Crippen LogP contribution in [0.3, 0.4) is 0 Å². The van der Waals surface area contributed by atoms with Gasteiger partial charge in [-0.25, -0.2) is 0 Å². The largest absolute Gasteiger partial charge is 0.497 e. The van der Waals surface area contributed by atoms with Crippen molar-refractivity contribution in [2.75, 3.05) is 13.7 Å². The van der Waals surface area contributed by atoms with Gasteiger partial charge in [0.25, 0.3) is 11.1 Å². The molecule has 0 saturated carbocycles. The number of amides is 2. The Kier molecular flexibility index (Phi) is 5.05. The molecule has 126 valence electrons. The number of carbonyl (C=O) groups is 2. The first-order valence-corrected chi connectivity index (χ1v) is 8.55. The molecule has 4 nitrogen and oxygen atoms in total. The Morgan fingerprint density at radius 2 is 1.84 bits per heavy atom. The van der Waals surface area contributed by atoms with Gasteiger partial charge < -0.3 is 4.74 Å². The third-order valence-electron chi connectivity index (χ3n) is 3.77. The van der Waals surface area contributed by atoms with E-state index in [2.05, 4.69) is 6.58 Å². The lowest BCUT2D eigenvalue weighted by atomic mass is 10.0. The molecule has 1 saturated heterocycles. The minimum Gasteiger partial charge on any atom is -0.497 e. The summed E-state index contributed by atoms with van der Waals surface area (Å²) in [4.78, 5) is 25.8. The number of methoxy groups -OCH3 is 1. The van der Waals surface area contributed by atoms with Crippen molar-refractivity contribution in [3.05, 3.63) is 71.7 Å². The SMILES string of the molecule is C=CCN1C(=O)S/C(=C\c2cccc(-c3cccc(OC)c3)c2)C1=O. The molecule has 1 heterocycles. The standard InChI is InChI=1S/C20H17NO3S/c1-3-10-21-19(22)18(25-20(21)23)12-14-6-4-7-15(11-14)16-8-5-9-17(13-16)24-2/h3-9,11-13H,1,10H2,2H3/b18-12-. The van der Waals surface area contributed by atoms with Crippen LogP contribution in [0, 0.1) is 0 Å². The van der Waals surface area contributed by atoms with Crippen LogP contribution in [0.1, 0.15) is 5.56 Å². The van der Waals surface area contributed by atoms with Crippen LogP contribution in [-0.4, -0.2) is 29.7 Å². The second-order valence-electron chi connectivity index (χ2n) is 5.44. The van der Waals surface area contributed by atoms with E-state index >= 15 is 0 Å². The van der Waals surface area contributed by atoms with Gasteiger partial charge in [0.2, 0.25) is 0 Å².